The normalized spacial score (nSPS) is 11.4. The number of hydrogen-bond donors (Lipinski definition) is 0. The number of nitrogens with zero attached hydrogens (tertiary/aromatic N) is 1. The molecule has 0 aliphatic carbocycles. The minimum absolute atomic E-state index is 0.207. The Labute approximate surface area is 81.9 Å². The van der Waals surface area contributed by atoms with Crippen molar-refractivity contribution in [2.45, 2.75) is 19.4 Å². The molecule has 1 aromatic rings. The van der Waals surface area contributed by atoms with Gasteiger partial charge in [0.25, 0.3) is 0 Å². The quantitative estimate of drug-likeness (QED) is 0.694. The molecule has 0 atom stereocenters. The Hall–Kier alpha value is -1.29. The van der Waals surface area contributed by atoms with E-state index in [1.807, 2.05) is 0 Å². The summed E-state index contributed by atoms with van der Waals surface area (Å²) in [4.78, 5) is 15.4. The lowest BCUT2D eigenvalue weighted by Gasteiger charge is -2.20. The molecular formula is C10H12FNO2. The van der Waals surface area contributed by atoms with Gasteiger partial charge in [-0.2, -0.15) is 0 Å². The van der Waals surface area contributed by atoms with E-state index in [4.69, 9.17) is 4.74 Å². The highest BCUT2D eigenvalue weighted by molar-refractivity contribution is 6.00. The van der Waals surface area contributed by atoms with Gasteiger partial charge >= 0.3 is 0 Å². The van der Waals surface area contributed by atoms with Crippen molar-refractivity contribution < 1.29 is 13.9 Å². The predicted octanol–water partition coefficient (Wildman–Crippen LogP) is 1.83. The van der Waals surface area contributed by atoms with Crippen LogP contribution in [0.2, 0.25) is 0 Å². The maximum Gasteiger partial charge on any atom is 0.212 e. The summed E-state index contributed by atoms with van der Waals surface area (Å²) >= 11 is 0. The molecule has 14 heavy (non-hydrogen) atoms. The number of pyridine rings is 1. The van der Waals surface area contributed by atoms with E-state index in [-0.39, 0.29) is 11.5 Å². The molecule has 0 radical (unpaired) electrons. The van der Waals surface area contributed by atoms with Crippen molar-refractivity contribution in [2.24, 2.45) is 0 Å². The van der Waals surface area contributed by atoms with Crippen LogP contribution in [-0.2, 0) is 4.74 Å². The van der Waals surface area contributed by atoms with Gasteiger partial charge in [-0.25, -0.2) is 9.37 Å². The summed E-state index contributed by atoms with van der Waals surface area (Å²) in [5.74, 6) is -0.725. The summed E-state index contributed by atoms with van der Waals surface area (Å²) in [6, 6.07) is 2.55. The maximum atomic E-state index is 12.5. The van der Waals surface area contributed by atoms with Crippen molar-refractivity contribution in [3.63, 3.8) is 0 Å². The molecule has 0 aliphatic rings. The molecule has 1 rings (SSSR count). The zero-order valence-electron chi connectivity index (χ0n) is 8.37. The molecule has 1 heterocycles. The standard InChI is InChI=1S/C10H12FNO2/c1-10(2,14-3)9(13)8-5-4-7(11)6-12-8/h4-6H,1-3H3. The van der Waals surface area contributed by atoms with E-state index in [2.05, 4.69) is 4.98 Å². The Morgan fingerprint density at radius 2 is 2.14 bits per heavy atom. The lowest BCUT2D eigenvalue weighted by molar-refractivity contribution is 0.0223. The highest BCUT2D eigenvalue weighted by Crippen LogP contribution is 2.14. The Morgan fingerprint density at radius 3 is 2.57 bits per heavy atom. The second-order valence-electron chi connectivity index (χ2n) is 3.41. The first-order valence-electron chi connectivity index (χ1n) is 4.19. The van der Waals surface area contributed by atoms with Gasteiger partial charge in [0.15, 0.2) is 0 Å². The van der Waals surface area contributed by atoms with E-state index in [0.29, 0.717) is 0 Å². The van der Waals surface area contributed by atoms with E-state index in [9.17, 15) is 9.18 Å². The van der Waals surface area contributed by atoms with Gasteiger partial charge in [0, 0.05) is 7.11 Å². The number of ketones is 1. The van der Waals surface area contributed by atoms with Gasteiger partial charge in [-0.05, 0) is 26.0 Å². The van der Waals surface area contributed by atoms with Crippen molar-refractivity contribution in [3.8, 4) is 0 Å². The summed E-state index contributed by atoms with van der Waals surface area (Å²) < 4.78 is 17.5. The monoisotopic (exact) mass is 197 g/mol. The first-order valence-corrected chi connectivity index (χ1v) is 4.19. The van der Waals surface area contributed by atoms with E-state index in [0.717, 1.165) is 6.20 Å². The number of rotatable bonds is 3. The van der Waals surface area contributed by atoms with Crippen molar-refractivity contribution in [1.82, 2.24) is 4.98 Å². The molecule has 0 unspecified atom stereocenters. The van der Waals surface area contributed by atoms with Crippen LogP contribution >= 0.6 is 0 Å². The lowest BCUT2D eigenvalue weighted by atomic mass is 10.0. The third-order valence-corrected chi connectivity index (χ3v) is 2.02. The predicted molar refractivity (Wildman–Crippen MR) is 49.6 cm³/mol. The molecule has 0 aromatic carbocycles. The minimum atomic E-state index is -0.926. The fourth-order valence-corrected chi connectivity index (χ4v) is 0.911. The van der Waals surface area contributed by atoms with Gasteiger partial charge in [0.1, 0.15) is 17.1 Å². The number of aromatic nitrogens is 1. The van der Waals surface area contributed by atoms with Crippen LogP contribution in [0.25, 0.3) is 0 Å². The largest absolute Gasteiger partial charge is 0.371 e. The second kappa shape index (κ2) is 3.84. The fourth-order valence-electron chi connectivity index (χ4n) is 0.911. The van der Waals surface area contributed by atoms with E-state index >= 15 is 0 Å². The van der Waals surface area contributed by atoms with Crippen LogP contribution in [0, 0.1) is 5.82 Å². The third-order valence-electron chi connectivity index (χ3n) is 2.02. The van der Waals surface area contributed by atoms with Crippen LogP contribution in [0.5, 0.6) is 0 Å². The van der Waals surface area contributed by atoms with Gasteiger partial charge in [0.05, 0.1) is 6.20 Å². The number of carbonyl (C=O) groups excluding carboxylic acids is 1. The van der Waals surface area contributed by atoms with Gasteiger partial charge in [0.2, 0.25) is 5.78 Å². The Kier molecular flexibility index (Phi) is 2.96. The molecule has 0 aliphatic heterocycles. The SMILES string of the molecule is COC(C)(C)C(=O)c1ccc(F)cn1. The topological polar surface area (TPSA) is 39.2 Å². The Bertz CT molecular complexity index is 332. The number of methoxy groups -OCH3 is 1. The summed E-state index contributed by atoms with van der Waals surface area (Å²) in [7, 11) is 1.45. The number of ether oxygens (including phenoxy) is 1. The fraction of sp³-hybridized carbons (Fsp3) is 0.400. The molecular weight excluding hydrogens is 185 g/mol. The Morgan fingerprint density at radius 1 is 1.50 bits per heavy atom. The number of carbonyl (C=O) groups is 1. The minimum Gasteiger partial charge on any atom is -0.371 e. The molecule has 0 saturated heterocycles. The molecule has 0 saturated carbocycles. The van der Waals surface area contributed by atoms with Crippen molar-refractivity contribution in [1.29, 1.82) is 0 Å². The maximum absolute atomic E-state index is 12.5. The average molecular weight is 197 g/mol. The van der Waals surface area contributed by atoms with E-state index in [1.54, 1.807) is 13.8 Å². The first kappa shape index (κ1) is 10.8. The zero-order valence-corrected chi connectivity index (χ0v) is 8.37. The van der Waals surface area contributed by atoms with Crippen LogP contribution < -0.4 is 0 Å². The average Bonchev–Trinajstić information content (AvgIpc) is 2.18. The van der Waals surface area contributed by atoms with Crippen LogP contribution in [0.15, 0.2) is 18.3 Å². The molecule has 1 aromatic heterocycles. The smallest absolute Gasteiger partial charge is 0.212 e. The van der Waals surface area contributed by atoms with Gasteiger partial charge < -0.3 is 4.74 Å². The molecule has 0 fully saturated rings. The molecule has 3 nitrogen and oxygen atoms in total. The molecule has 0 bridgehead atoms. The van der Waals surface area contributed by atoms with Crippen molar-refractivity contribution >= 4 is 5.78 Å². The molecule has 0 amide bonds. The van der Waals surface area contributed by atoms with Gasteiger partial charge in [-0.3, -0.25) is 4.79 Å². The summed E-state index contributed by atoms with van der Waals surface area (Å²) in [6.07, 6.45) is 1.01. The van der Waals surface area contributed by atoms with Crippen LogP contribution in [-0.4, -0.2) is 23.5 Å². The highest BCUT2D eigenvalue weighted by atomic mass is 19.1. The first-order chi connectivity index (χ1) is 6.47. The van der Waals surface area contributed by atoms with Crippen LogP contribution in [0.4, 0.5) is 4.39 Å². The van der Waals surface area contributed by atoms with Crippen molar-refractivity contribution in [2.75, 3.05) is 7.11 Å². The summed E-state index contributed by atoms with van der Waals surface area (Å²) in [5.41, 5.74) is -0.719. The summed E-state index contributed by atoms with van der Waals surface area (Å²) in [5, 5.41) is 0. The summed E-state index contributed by atoms with van der Waals surface area (Å²) in [6.45, 7) is 3.28. The molecule has 0 N–H and O–H groups in total. The number of halogens is 1. The molecule has 4 heteroatoms. The van der Waals surface area contributed by atoms with E-state index in [1.165, 1.54) is 19.2 Å². The molecule has 76 valence electrons. The molecule has 0 spiro atoms. The van der Waals surface area contributed by atoms with Crippen LogP contribution in [0.3, 0.4) is 0 Å². The Balaban J connectivity index is 2.96. The number of Topliss-reactive ketones (excluding diaryl/α,β-unsaturated/α-hetero) is 1. The lowest BCUT2D eigenvalue weighted by Crippen LogP contribution is -2.34. The van der Waals surface area contributed by atoms with Crippen molar-refractivity contribution in [3.05, 3.63) is 29.8 Å². The highest BCUT2D eigenvalue weighted by Gasteiger charge is 2.28. The van der Waals surface area contributed by atoms with E-state index < -0.39 is 11.4 Å². The van der Waals surface area contributed by atoms with Gasteiger partial charge in [-0.15, -0.1) is 0 Å². The third kappa shape index (κ3) is 2.14. The van der Waals surface area contributed by atoms with Crippen LogP contribution in [0.1, 0.15) is 24.3 Å². The number of hydrogen-bond acceptors (Lipinski definition) is 3. The zero-order chi connectivity index (χ0) is 10.8. The van der Waals surface area contributed by atoms with Gasteiger partial charge in [-0.1, -0.05) is 0 Å². The second-order valence-corrected chi connectivity index (χ2v) is 3.41.